The predicted molar refractivity (Wildman–Crippen MR) is 134 cm³/mol. The number of carbonyl (C=O) groups excluding carboxylic acids is 3. The molecule has 2 heterocycles. The summed E-state index contributed by atoms with van der Waals surface area (Å²) >= 11 is 1.59. The smallest absolute Gasteiger partial charge is 0.325 e. The zero-order valence-electron chi connectivity index (χ0n) is 20.2. The Morgan fingerprint density at radius 3 is 2.51 bits per heavy atom. The number of urea groups is 1. The van der Waals surface area contributed by atoms with Crippen LogP contribution in [0.3, 0.4) is 0 Å². The van der Waals surface area contributed by atoms with Crippen LogP contribution in [0.25, 0.3) is 0 Å². The van der Waals surface area contributed by atoms with Crippen LogP contribution in [0.15, 0.2) is 47.8 Å². The lowest BCUT2D eigenvalue weighted by Gasteiger charge is -2.31. The Hall–Kier alpha value is -2.95. The molecule has 1 aliphatic heterocycles. The summed E-state index contributed by atoms with van der Waals surface area (Å²) in [7, 11) is 0. The molecule has 0 atom stereocenters. The van der Waals surface area contributed by atoms with Crippen LogP contribution >= 0.6 is 11.3 Å². The van der Waals surface area contributed by atoms with E-state index in [2.05, 4.69) is 10.2 Å². The van der Waals surface area contributed by atoms with E-state index in [0.717, 1.165) is 23.5 Å². The third-order valence-electron chi connectivity index (χ3n) is 5.59. The van der Waals surface area contributed by atoms with Crippen molar-refractivity contribution in [2.45, 2.75) is 20.0 Å². The Morgan fingerprint density at radius 1 is 1.06 bits per heavy atom. The van der Waals surface area contributed by atoms with Crippen LogP contribution in [0.4, 0.5) is 4.79 Å². The molecule has 0 unspecified atom stereocenters. The van der Waals surface area contributed by atoms with E-state index in [1.165, 1.54) is 4.90 Å². The van der Waals surface area contributed by atoms with Crippen LogP contribution in [-0.2, 0) is 32.2 Å². The minimum Gasteiger partial charge on any atom is -0.465 e. The third-order valence-corrected chi connectivity index (χ3v) is 6.45. The van der Waals surface area contributed by atoms with Gasteiger partial charge in [0, 0.05) is 37.6 Å². The maximum atomic E-state index is 13.5. The van der Waals surface area contributed by atoms with E-state index < -0.39 is 12.0 Å². The molecule has 0 saturated carbocycles. The molecule has 3 amide bonds. The van der Waals surface area contributed by atoms with Gasteiger partial charge in [-0.3, -0.25) is 14.5 Å². The topological polar surface area (TPSA) is 91.4 Å². The molecule has 0 bridgehead atoms. The summed E-state index contributed by atoms with van der Waals surface area (Å²) in [5.41, 5.74) is 1.02. The van der Waals surface area contributed by atoms with Crippen molar-refractivity contribution in [2.75, 3.05) is 59.1 Å². The Bertz CT molecular complexity index is 919. The number of rotatable bonds is 12. The lowest BCUT2D eigenvalue weighted by Crippen LogP contribution is -2.50. The number of ether oxygens (including phenoxy) is 2. The molecule has 0 aliphatic carbocycles. The first-order valence-electron chi connectivity index (χ1n) is 11.9. The van der Waals surface area contributed by atoms with Crippen molar-refractivity contribution in [3.63, 3.8) is 0 Å². The maximum Gasteiger partial charge on any atom is 0.325 e. The highest BCUT2D eigenvalue weighted by molar-refractivity contribution is 7.09. The first kappa shape index (κ1) is 26.7. The summed E-state index contributed by atoms with van der Waals surface area (Å²) in [6.07, 6.45) is 0. The molecule has 10 heteroatoms. The fourth-order valence-electron chi connectivity index (χ4n) is 3.70. The molecule has 3 rings (SSSR count). The van der Waals surface area contributed by atoms with E-state index in [-0.39, 0.29) is 25.6 Å². The first-order chi connectivity index (χ1) is 17.0. The molecule has 35 heavy (non-hydrogen) atoms. The summed E-state index contributed by atoms with van der Waals surface area (Å²) in [5.74, 6) is -0.667. The number of carbonyl (C=O) groups is 3. The largest absolute Gasteiger partial charge is 0.465 e. The van der Waals surface area contributed by atoms with Crippen molar-refractivity contribution in [3.05, 3.63) is 58.3 Å². The normalized spacial score (nSPS) is 13.7. The second kappa shape index (κ2) is 14.4. The molecule has 1 aromatic carbocycles. The van der Waals surface area contributed by atoms with Crippen molar-refractivity contribution < 1.29 is 23.9 Å². The van der Waals surface area contributed by atoms with Crippen LogP contribution in [0.5, 0.6) is 0 Å². The van der Waals surface area contributed by atoms with Gasteiger partial charge in [0.05, 0.1) is 26.4 Å². The molecule has 1 fully saturated rings. The van der Waals surface area contributed by atoms with Gasteiger partial charge in [-0.15, -0.1) is 11.3 Å². The minimum atomic E-state index is -0.510. The van der Waals surface area contributed by atoms with Gasteiger partial charge in [0.2, 0.25) is 5.91 Å². The molecule has 1 saturated heterocycles. The molecule has 0 radical (unpaired) electrons. The molecule has 1 aliphatic rings. The van der Waals surface area contributed by atoms with Crippen molar-refractivity contribution >= 4 is 29.2 Å². The van der Waals surface area contributed by atoms with E-state index in [4.69, 9.17) is 9.47 Å². The number of esters is 1. The van der Waals surface area contributed by atoms with Crippen LogP contribution in [0, 0.1) is 0 Å². The van der Waals surface area contributed by atoms with Gasteiger partial charge in [0.25, 0.3) is 0 Å². The summed E-state index contributed by atoms with van der Waals surface area (Å²) in [6, 6.07) is 13.3. The number of amides is 3. The lowest BCUT2D eigenvalue weighted by molar-refractivity contribution is -0.141. The quantitative estimate of drug-likeness (QED) is 0.448. The van der Waals surface area contributed by atoms with E-state index >= 15 is 0 Å². The molecule has 9 nitrogen and oxygen atoms in total. The standard InChI is InChI=1S/C25H34N4O5S/c1-2-34-24(31)17-26-25(32)28(11-10-27-12-14-33-15-13-27)20-23(30)29(19-22-9-6-16-35-22)18-21-7-4-3-5-8-21/h3-9,16H,2,10-15,17-20H2,1H3,(H,26,32). The number of hydrogen-bond donors (Lipinski definition) is 1. The fraction of sp³-hybridized carbons (Fsp3) is 0.480. The average Bonchev–Trinajstić information content (AvgIpc) is 3.39. The Morgan fingerprint density at radius 2 is 1.83 bits per heavy atom. The van der Waals surface area contributed by atoms with Crippen LogP contribution in [0.1, 0.15) is 17.4 Å². The number of nitrogens with one attached hydrogen (secondary N) is 1. The molecule has 2 aromatic rings. The maximum absolute atomic E-state index is 13.5. The Balaban J connectivity index is 1.68. The molecule has 0 spiro atoms. The number of thiophene rings is 1. The molecular formula is C25H34N4O5S. The summed E-state index contributed by atoms with van der Waals surface area (Å²) in [4.78, 5) is 44.7. The minimum absolute atomic E-state index is 0.0861. The Labute approximate surface area is 210 Å². The fourth-order valence-corrected chi connectivity index (χ4v) is 4.42. The van der Waals surface area contributed by atoms with E-state index in [1.807, 2.05) is 47.8 Å². The van der Waals surface area contributed by atoms with Crippen molar-refractivity contribution in [2.24, 2.45) is 0 Å². The number of morpholine rings is 1. The lowest BCUT2D eigenvalue weighted by atomic mass is 10.2. The van der Waals surface area contributed by atoms with Crippen molar-refractivity contribution in [1.82, 2.24) is 20.0 Å². The van der Waals surface area contributed by atoms with Gasteiger partial charge in [-0.2, -0.15) is 0 Å². The summed E-state index contributed by atoms with van der Waals surface area (Å²) in [6.45, 7) is 6.38. The molecule has 190 valence electrons. The first-order valence-corrected chi connectivity index (χ1v) is 12.8. The second-order valence-corrected chi connectivity index (χ2v) is 9.19. The van der Waals surface area contributed by atoms with Gasteiger partial charge >= 0.3 is 12.0 Å². The highest BCUT2D eigenvalue weighted by atomic mass is 32.1. The van der Waals surface area contributed by atoms with Crippen molar-refractivity contribution in [3.8, 4) is 0 Å². The monoisotopic (exact) mass is 502 g/mol. The zero-order valence-corrected chi connectivity index (χ0v) is 21.0. The summed E-state index contributed by atoms with van der Waals surface area (Å²) in [5, 5.41) is 4.58. The highest BCUT2D eigenvalue weighted by Crippen LogP contribution is 2.15. The van der Waals surface area contributed by atoms with Crippen LogP contribution in [-0.4, -0.2) is 91.7 Å². The van der Waals surface area contributed by atoms with E-state index in [0.29, 0.717) is 39.4 Å². The zero-order chi connectivity index (χ0) is 24.9. The van der Waals surface area contributed by atoms with E-state index in [1.54, 1.807) is 23.2 Å². The third kappa shape index (κ3) is 9.31. The number of nitrogens with zero attached hydrogens (tertiary/aromatic N) is 3. The summed E-state index contributed by atoms with van der Waals surface area (Å²) < 4.78 is 10.3. The molecule has 1 aromatic heterocycles. The van der Waals surface area contributed by atoms with Gasteiger partial charge in [-0.1, -0.05) is 36.4 Å². The van der Waals surface area contributed by atoms with Crippen LogP contribution in [0.2, 0.25) is 0 Å². The van der Waals surface area contributed by atoms with Crippen molar-refractivity contribution in [1.29, 1.82) is 0 Å². The highest BCUT2D eigenvalue weighted by Gasteiger charge is 2.23. The molecule has 1 N–H and O–H groups in total. The van der Waals surface area contributed by atoms with Gasteiger partial charge < -0.3 is 24.6 Å². The average molecular weight is 503 g/mol. The SMILES string of the molecule is CCOC(=O)CNC(=O)N(CCN1CCOCC1)CC(=O)N(Cc1ccccc1)Cc1cccs1. The van der Waals surface area contributed by atoms with Gasteiger partial charge in [0.1, 0.15) is 13.1 Å². The number of hydrogen-bond acceptors (Lipinski definition) is 7. The second-order valence-electron chi connectivity index (χ2n) is 8.15. The predicted octanol–water partition coefficient (Wildman–Crippen LogP) is 2.18. The molecular weight excluding hydrogens is 468 g/mol. The number of benzene rings is 1. The van der Waals surface area contributed by atoms with Gasteiger partial charge in [-0.05, 0) is 23.9 Å². The van der Waals surface area contributed by atoms with Crippen LogP contribution < -0.4 is 5.32 Å². The van der Waals surface area contributed by atoms with Gasteiger partial charge in [0.15, 0.2) is 0 Å². The Kier molecular flexibility index (Phi) is 11.0. The van der Waals surface area contributed by atoms with Gasteiger partial charge in [-0.25, -0.2) is 4.79 Å². The van der Waals surface area contributed by atoms with E-state index in [9.17, 15) is 14.4 Å².